The van der Waals surface area contributed by atoms with Gasteiger partial charge in [0.05, 0.1) is 18.7 Å². The Hall–Kier alpha value is -1.43. The van der Waals surface area contributed by atoms with Crippen LogP contribution in [0.5, 0.6) is 0 Å². The maximum atomic E-state index is 13.0. The highest BCUT2D eigenvalue weighted by Gasteiger charge is 2.63. The van der Waals surface area contributed by atoms with Crippen LogP contribution in [0.25, 0.3) is 0 Å². The lowest BCUT2D eigenvalue weighted by atomic mass is 9.43. The van der Waals surface area contributed by atoms with E-state index in [-0.39, 0.29) is 34.7 Å². The van der Waals surface area contributed by atoms with E-state index in [1.165, 1.54) is 7.11 Å². The van der Waals surface area contributed by atoms with Crippen LogP contribution in [0, 0.1) is 40.4 Å². The number of methoxy groups -OCH3 is 1. The Bertz CT molecular complexity index is 775. The number of oxime groups is 1. The van der Waals surface area contributed by atoms with E-state index in [4.69, 9.17) is 9.57 Å². The van der Waals surface area contributed by atoms with Gasteiger partial charge in [-0.15, -0.1) is 0 Å². The minimum absolute atomic E-state index is 0.0755. The highest BCUT2D eigenvalue weighted by Crippen LogP contribution is 2.66. The molecule has 0 spiro atoms. The summed E-state index contributed by atoms with van der Waals surface area (Å²) in [7, 11) is 1.52. The third-order valence-corrected chi connectivity index (χ3v) is 10.1. The average Bonchev–Trinajstić information content (AvgIpc) is 3.39. The predicted octanol–water partition coefficient (Wildman–Crippen LogP) is 3.73. The van der Waals surface area contributed by atoms with Gasteiger partial charge in [0.1, 0.15) is 11.9 Å². The summed E-state index contributed by atoms with van der Waals surface area (Å²) < 4.78 is 5.31. The molecule has 5 fully saturated rings. The lowest BCUT2D eigenvalue weighted by molar-refractivity contribution is -0.167. The molecule has 1 aliphatic heterocycles. The van der Waals surface area contributed by atoms with Crippen LogP contribution >= 0.6 is 0 Å². The van der Waals surface area contributed by atoms with Crippen molar-refractivity contribution in [1.82, 2.24) is 5.32 Å². The van der Waals surface area contributed by atoms with Crippen LogP contribution in [-0.2, 0) is 19.2 Å². The van der Waals surface area contributed by atoms with Crippen molar-refractivity contribution in [1.29, 1.82) is 0 Å². The fraction of sp³-hybridized carbons (Fsp3) is 0.880. The van der Waals surface area contributed by atoms with Crippen molar-refractivity contribution in [3.05, 3.63) is 0 Å². The number of carbonyl (C=O) groups is 2. The Morgan fingerprint density at radius 1 is 1.10 bits per heavy atom. The van der Waals surface area contributed by atoms with Crippen LogP contribution in [0.15, 0.2) is 5.16 Å². The molecule has 4 saturated carbocycles. The Labute approximate surface area is 185 Å². The fourth-order valence-corrected chi connectivity index (χ4v) is 8.28. The molecule has 0 radical (unpaired) electrons. The molecule has 0 aromatic carbocycles. The molecule has 5 rings (SSSR count). The Balaban J connectivity index is 1.41. The van der Waals surface area contributed by atoms with Gasteiger partial charge in [0.15, 0.2) is 0 Å². The summed E-state index contributed by atoms with van der Waals surface area (Å²) in [6, 6.07) is 0. The number of Topliss-reactive ketones (excluding diaryl/α,β-unsaturated/α-hetero) is 1. The molecule has 1 saturated heterocycles. The molecule has 1 N–H and O–H groups in total. The van der Waals surface area contributed by atoms with Crippen molar-refractivity contribution in [3.8, 4) is 0 Å². The Morgan fingerprint density at radius 3 is 2.68 bits per heavy atom. The van der Waals surface area contributed by atoms with Gasteiger partial charge < -0.3 is 14.9 Å². The molecular weight excluding hydrogens is 392 g/mol. The van der Waals surface area contributed by atoms with Crippen LogP contribution in [-0.4, -0.2) is 43.8 Å². The maximum Gasteiger partial charge on any atom is 0.308 e. The van der Waals surface area contributed by atoms with Gasteiger partial charge in [-0.3, -0.25) is 9.59 Å². The quantitative estimate of drug-likeness (QED) is 0.545. The van der Waals surface area contributed by atoms with Crippen molar-refractivity contribution < 1.29 is 19.2 Å². The van der Waals surface area contributed by atoms with E-state index < -0.39 is 0 Å². The van der Waals surface area contributed by atoms with Crippen LogP contribution in [0.2, 0.25) is 0 Å². The molecule has 0 aromatic heterocycles. The normalized spacial score (nSPS) is 48.1. The summed E-state index contributed by atoms with van der Waals surface area (Å²) in [4.78, 5) is 31.6. The van der Waals surface area contributed by atoms with Crippen molar-refractivity contribution in [2.75, 3.05) is 20.2 Å². The number of esters is 1. The van der Waals surface area contributed by atoms with E-state index >= 15 is 0 Å². The van der Waals surface area contributed by atoms with Crippen molar-refractivity contribution in [2.45, 2.75) is 77.7 Å². The number of hydrogen-bond acceptors (Lipinski definition) is 6. The first-order valence-corrected chi connectivity index (χ1v) is 12.4. The van der Waals surface area contributed by atoms with Gasteiger partial charge in [-0.25, -0.2) is 0 Å². The SMILES string of the molecule is COC(=O)[C@H]1C[C@@H]2[C@H](CC[C@]3(C)C(=O)CC[C@@H]23)[C@@]2(C)CCC(=NO[C@@H]3CCNC3)CC12. The molecule has 6 nitrogen and oxygen atoms in total. The summed E-state index contributed by atoms with van der Waals surface area (Å²) in [5, 5.41) is 7.88. The standard InChI is InChI=1S/C25H38N2O4/c1-24-9-6-15(27-31-16-8-11-26-14-16)12-21(24)18(23(29)30-3)13-17-19-4-5-22(28)25(19,2)10-7-20(17)24/h16-21,26H,4-14H2,1-3H3/t16-,17+,18+,19+,20+,21?,24-,25+/m1/s1. The molecule has 5 aliphatic rings. The Morgan fingerprint density at radius 2 is 1.94 bits per heavy atom. The molecule has 8 atom stereocenters. The minimum atomic E-state index is -0.171. The lowest BCUT2D eigenvalue weighted by Gasteiger charge is -2.61. The first-order valence-electron chi connectivity index (χ1n) is 12.4. The van der Waals surface area contributed by atoms with Crippen molar-refractivity contribution in [3.63, 3.8) is 0 Å². The molecule has 0 aromatic rings. The zero-order chi connectivity index (χ0) is 21.8. The van der Waals surface area contributed by atoms with Gasteiger partial charge in [-0.1, -0.05) is 19.0 Å². The number of fused-ring (bicyclic) bond motifs is 5. The van der Waals surface area contributed by atoms with E-state index in [0.717, 1.165) is 76.6 Å². The number of ether oxygens (including phenoxy) is 1. The number of rotatable bonds is 3. The zero-order valence-corrected chi connectivity index (χ0v) is 19.3. The summed E-state index contributed by atoms with van der Waals surface area (Å²) in [5.41, 5.74) is 1.04. The summed E-state index contributed by atoms with van der Waals surface area (Å²) >= 11 is 0. The van der Waals surface area contributed by atoms with E-state index in [2.05, 4.69) is 24.3 Å². The smallest absolute Gasteiger partial charge is 0.308 e. The van der Waals surface area contributed by atoms with Crippen LogP contribution in [0.3, 0.4) is 0 Å². The largest absolute Gasteiger partial charge is 0.469 e. The molecular formula is C25H38N2O4. The van der Waals surface area contributed by atoms with E-state index in [9.17, 15) is 9.59 Å². The van der Waals surface area contributed by atoms with Gasteiger partial charge in [0.25, 0.3) is 0 Å². The predicted molar refractivity (Wildman–Crippen MR) is 117 cm³/mol. The van der Waals surface area contributed by atoms with E-state index in [1.807, 2.05) is 0 Å². The average molecular weight is 431 g/mol. The molecule has 4 aliphatic carbocycles. The van der Waals surface area contributed by atoms with Gasteiger partial charge in [-0.2, -0.15) is 0 Å². The molecule has 172 valence electrons. The molecule has 0 bridgehead atoms. The third kappa shape index (κ3) is 3.35. The number of nitrogens with zero attached hydrogens (tertiary/aromatic N) is 1. The van der Waals surface area contributed by atoms with Gasteiger partial charge in [0, 0.05) is 24.8 Å². The van der Waals surface area contributed by atoms with Gasteiger partial charge in [-0.05, 0) is 80.6 Å². The van der Waals surface area contributed by atoms with Crippen LogP contribution in [0.4, 0.5) is 0 Å². The number of hydrogen-bond donors (Lipinski definition) is 1. The fourth-order valence-electron chi connectivity index (χ4n) is 8.28. The second-order valence-corrected chi connectivity index (χ2v) is 11.4. The summed E-state index contributed by atoms with van der Waals surface area (Å²) in [5.74, 6) is 1.99. The van der Waals surface area contributed by atoms with Gasteiger partial charge >= 0.3 is 5.97 Å². The summed E-state index contributed by atoms with van der Waals surface area (Å²) in [6.45, 7) is 6.48. The van der Waals surface area contributed by atoms with Gasteiger partial charge in [0.2, 0.25) is 0 Å². The molecule has 1 unspecified atom stereocenters. The minimum Gasteiger partial charge on any atom is -0.469 e. The van der Waals surface area contributed by atoms with Crippen molar-refractivity contribution >= 4 is 17.5 Å². The second kappa shape index (κ2) is 7.86. The number of carbonyl (C=O) groups excluding carboxylic acids is 2. The molecule has 6 heteroatoms. The second-order valence-electron chi connectivity index (χ2n) is 11.4. The molecule has 31 heavy (non-hydrogen) atoms. The van der Waals surface area contributed by atoms with Crippen molar-refractivity contribution in [2.24, 2.45) is 45.6 Å². The van der Waals surface area contributed by atoms with E-state index in [1.54, 1.807) is 0 Å². The van der Waals surface area contributed by atoms with Crippen LogP contribution in [0.1, 0.15) is 71.6 Å². The molecule has 1 heterocycles. The first-order chi connectivity index (χ1) is 14.9. The van der Waals surface area contributed by atoms with E-state index in [0.29, 0.717) is 23.5 Å². The lowest BCUT2D eigenvalue weighted by Crippen LogP contribution is -2.57. The highest BCUT2D eigenvalue weighted by atomic mass is 16.6. The summed E-state index contributed by atoms with van der Waals surface area (Å²) in [6.07, 6.45) is 8.72. The first kappa shape index (κ1) is 21.4. The number of ketones is 1. The Kier molecular flexibility index (Phi) is 5.43. The van der Waals surface area contributed by atoms with Crippen LogP contribution < -0.4 is 5.32 Å². The topological polar surface area (TPSA) is 77.0 Å². The number of nitrogens with one attached hydrogen (secondary N) is 1. The third-order valence-electron chi connectivity index (χ3n) is 10.1. The molecule has 0 amide bonds. The maximum absolute atomic E-state index is 13.0. The zero-order valence-electron chi connectivity index (χ0n) is 19.3. The monoisotopic (exact) mass is 430 g/mol. The highest BCUT2D eigenvalue weighted by molar-refractivity contribution is 5.88.